The molecule has 0 heterocycles. The fourth-order valence-corrected chi connectivity index (χ4v) is 5.24. The Morgan fingerprint density at radius 2 is 1.00 bits per heavy atom. The van der Waals surface area contributed by atoms with Gasteiger partial charge in [-0.25, -0.2) is 0 Å². The summed E-state index contributed by atoms with van der Waals surface area (Å²) in [5.41, 5.74) is 7.94. The van der Waals surface area contributed by atoms with Crippen LogP contribution in [0.5, 0.6) is 0 Å². The average molecular weight is 378 g/mol. The van der Waals surface area contributed by atoms with Crippen LogP contribution in [0.3, 0.4) is 0 Å². The smallest absolute Gasteiger partial charge is 0.00193 e. The molecule has 0 N–H and O–H groups in total. The van der Waals surface area contributed by atoms with Gasteiger partial charge in [-0.15, -0.1) is 0 Å². The van der Waals surface area contributed by atoms with Crippen LogP contribution >= 0.6 is 0 Å². The Kier molecular flexibility index (Phi) is 3.09. The highest BCUT2D eigenvalue weighted by atomic mass is 14.3. The second-order valence-electron chi connectivity index (χ2n) is 8.17. The molecule has 138 valence electrons. The first kappa shape index (κ1) is 16.0. The monoisotopic (exact) mass is 378 g/mol. The van der Waals surface area contributed by atoms with E-state index in [-0.39, 0.29) is 0 Å². The summed E-state index contributed by atoms with van der Waals surface area (Å²) < 4.78 is 0. The van der Waals surface area contributed by atoms with Crippen molar-refractivity contribution in [3.63, 3.8) is 0 Å². The summed E-state index contributed by atoms with van der Waals surface area (Å²) in [4.78, 5) is 0. The average Bonchev–Trinajstić information content (AvgIpc) is 3.14. The van der Waals surface area contributed by atoms with Crippen molar-refractivity contribution in [2.45, 2.75) is 0 Å². The molecule has 0 bridgehead atoms. The van der Waals surface area contributed by atoms with Gasteiger partial charge in [0.15, 0.2) is 0 Å². The molecule has 0 amide bonds. The lowest BCUT2D eigenvalue weighted by atomic mass is 9.90. The van der Waals surface area contributed by atoms with Crippen LogP contribution < -0.4 is 0 Å². The Hall–Kier alpha value is -3.90. The third-order valence-electron chi connectivity index (χ3n) is 6.55. The number of hydrogen-bond donors (Lipinski definition) is 0. The SMILES string of the molecule is c1ccc(-c2cc3c4c(cc5ccc6ccccc6c5c4c2)-c2ccccc2-3)cc1. The second-order valence-corrected chi connectivity index (χ2v) is 8.17. The van der Waals surface area contributed by atoms with Crippen LogP contribution in [0.15, 0.2) is 109 Å². The molecule has 0 heteroatoms. The molecule has 0 saturated carbocycles. The third kappa shape index (κ3) is 2.06. The summed E-state index contributed by atoms with van der Waals surface area (Å²) in [5.74, 6) is 0. The molecule has 0 fully saturated rings. The van der Waals surface area contributed by atoms with Crippen LogP contribution in [0.4, 0.5) is 0 Å². The van der Waals surface area contributed by atoms with Gasteiger partial charge in [-0.3, -0.25) is 0 Å². The van der Waals surface area contributed by atoms with Gasteiger partial charge in [-0.2, -0.15) is 0 Å². The lowest BCUT2D eigenvalue weighted by molar-refractivity contribution is 1.65. The second kappa shape index (κ2) is 5.81. The molecule has 0 spiro atoms. The van der Waals surface area contributed by atoms with E-state index in [1.54, 1.807) is 0 Å². The summed E-state index contributed by atoms with van der Waals surface area (Å²) in [6.07, 6.45) is 0. The molecule has 0 aromatic heterocycles. The molecular weight excluding hydrogens is 360 g/mol. The molecular formula is C30H18. The fraction of sp³-hybridized carbons (Fsp3) is 0. The van der Waals surface area contributed by atoms with E-state index >= 15 is 0 Å². The lowest BCUT2D eigenvalue weighted by Gasteiger charge is -2.13. The Morgan fingerprint density at radius 1 is 0.333 bits per heavy atom. The first-order chi connectivity index (χ1) is 14.9. The molecule has 6 aromatic rings. The van der Waals surface area contributed by atoms with Crippen LogP contribution in [0.1, 0.15) is 0 Å². The highest BCUT2D eigenvalue weighted by Gasteiger charge is 2.24. The normalized spacial score (nSPS) is 12.0. The molecule has 7 rings (SSSR count). The molecule has 0 radical (unpaired) electrons. The van der Waals surface area contributed by atoms with E-state index in [2.05, 4.69) is 109 Å². The highest BCUT2D eigenvalue weighted by Crippen LogP contribution is 2.51. The quantitative estimate of drug-likeness (QED) is 0.251. The van der Waals surface area contributed by atoms with Crippen molar-refractivity contribution in [1.82, 2.24) is 0 Å². The number of benzene rings is 6. The van der Waals surface area contributed by atoms with Crippen molar-refractivity contribution in [2.24, 2.45) is 0 Å². The van der Waals surface area contributed by atoms with Crippen molar-refractivity contribution in [1.29, 1.82) is 0 Å². The molecule has 0 unspecified atom stereocenters. The predicted octanol–water partition coefficient (Wildman–Crippen LogP) is 8.46. The van der Waals surface area contributed by atoms with Gasteiger partial charge < -0.3 is 0 Å². The first-order valence-corrected chi connectivity index (χ1v) is 10.5. The zero-order valence-electron chi connectivity index (χ0n) is 16.4. The maximum absolute atomic E-state index is 2.40. The zero-order chi connectivity index (χ0) is 19.7. The Bertz CT molecular complexity index is 1620. The van der Waals surface area contributed by atoms with Crippen molar-refractivity contribution >= 4 is 32.3 Å². The Balaban J connectivity index is 1.74. The van der Waals surface area contributed by atoms with Gasteiger partial charge in [0.2, 0.25) is 0 Å². The van der Waals surface area contributed by atoms with Gasteiger partial charge in [-0.05, 0) is 83.9 Å². The van der Waals surface area contributed by atoms with Crippen molar-refractivity contribution in [2.75, 3.05) is 0 Å². The van der Waals surface area contributed by atoms with E-state index in [1.807, 2.05) is 0 Å². The minimum atomic E-state index is 1.26. The Morgan fingerprint density at radius 3 is 1.83 bits per heavy atom. The minimum Gasteiger partial charge on any atom is -0.0622 e. The van der Waals surface area contributed by atoms with E-state index in [4.69, 9.17) is 0 Å². The molecule has 0 atom stereocenters. The van der Waals surface area contributed by atoms with Crippen LogP contribution in [-0.2, 0) is 0 Å². The fourth-order valence-electron chi connectivity index (χ4n) is 5.24. The van der Waals surface area contributed by atoms with Crippen molar-refractivity contribution < 1.29 is 0 Å². The molecule has 1 aliphatic carbocycles. The topological polar surface area (TPSA) is 0 Å². The minimum absolute atomic E-state index is 1.26. The lowest BCUT2D eigenvalue weighted by Crippen LogP contribution is -1.86. The van der Waals surface area contributed by atoms with Crippen LogP contribution in [0.2, 0.25) is 0 Å². The third-order valence-corrected chi connectivity index (χ3v) is 6.55. The van der Waals surface area contributed by atoms with Gasteiger partial charge >= 0.3 is 0 Å². The largest absolute Gasteiger partial charge is 0.0622 e. The Labute approximate surface area is 175 Å². The maximum Gasteiger partial charge on any atom is -0.00193 e. The summed E-state index contributed by atoms with van der Waals surface area (Å²) in [6.45, 7) is 0. The number of fused-ring (bicyclic) bond motifs is 7. The molecule has 1 aliphatic rings. The van der Waals surface area contributed by atoms with Crippen LogP contribution in [0, 0.1) is 0 Å². The van der Waals surface area contributed by atoms with Crippen molar-refractivity contribution in [3.05, 3.63) is 109 Å². The van der Waals surface area contributed by atoms with E-state index in [0.717, 1.165) is 0 Å². The summed E-state index contributed by atoms with van der Waals surface area (Å²) in [6, 6.07) is 40.0. The summed E-state index contributed by atoms with van der Waals surface area (Å²) >= 11 is 0. The standard InChI is InChI=1S/C30H18/c1-2-8-19(9-3-1)22-17-27-25-13-7-6-12-24(25)26-16-21-15-14-20-10-4-5-11-23(20)29(21)28(18-22)30(26)27/h1-18H. The number of rotatable bonds is 1. The highest BCUT2D eigenvalue weighted by molar-refractivity contribution is 6.29. The number of hydrogen-bond acceptors (Lipinski definition) is 0. The summed E-state index contributed by atoms with van der Waals surface area (Å²) in [5, 5.41) is 8.03. The molecule has 0 nitrogen and oxygen atoms in total. The van der Waals surface area contributed by atoms with Gasteiger partial charge in [0.1, 0.15) is 0 Å². The molecule has 6 aromatic carbocycles. The van der Waals surface area contributed by atoms with E-state index in [1.165, 1.54) is 65.7 Å². The maximum atomic E-state index is 2.40. The van der Waals surface area contributed by atoms with Gasteiger partial charge in [-0.1, -0.05) is 91.0 Å². The zero-order valence-corrected chi connectivity index (χ0v) is 16.4. The predicted molar refractivity (Wildman–Crippen MR) is 129 cm³/mol. The van der Waals surface area contributed by atoms with Gasteiger partial charge in [0.05, 0.1) is 0 Å². The van der Waals surface area contributed by atoms with E-state index in [9.17, 15) is 0 Å². The van der Waals surface area contributed by atoms with Gasteiger partial charge in [0, 0.05) is 0 Å². The molecule has 0 aliphatic heterocycles. The van der Waals surface area contributed by atoms with E-state index in [0.29, 0.717) is 0 Å². The van der Waals surface area contributed by atoms with Gasteiger partial charge in [0.25, 0.3) is 0 Å². The first-order valence-electron chi connectivity index (χ1n) is 10.5. The van der Waals surface area contributed by atoms with Crippen LogP contribution in [-0.4, -0.2) is 0 Å². The van der Waals surface area contributed by atoms with Crippen LogP contribution in [0.25, 0.3) is 65.7 Å². The van der Waals surface area contributed by atoms with E-state index < -0.39 is 0 Å². The summed E-state index contributed by atoms with van der Waals surface area (Å²) in [7, 11) is 0. The molecule has 30 heavy (non-hydrogen) atoms. The van der Waals surface area contributed by atoms with Crippen molar-refractivity contribution in [3.8, 4) is 33.4 Å². The molecule has 0 saturated heterocycles.